The third kappa shape index (κ3) is 2.75. The number of hydrogen-bond acceptors (Lipinski definition) is 4. The first-order valence-electron chi connectivity index (χ1n) is 9.14. The Balaban J connectivity index is 1.92. The molecule has 2 fully saturated rings. The number of nitrogens with zero attached hydrogens (tertiary/aromatic N) is 2. The molecule has 1 aromatic rings. The smallest absolute Gasteiger partial charge is 0.274 e. The summed E-state index contributed by atoms with van der Waals surface area (Å²) >= 11 is 0. The molecular formula is C18H30N4O2. The highest BCUT2D eigenvalue weighted by molar-refractivity contribution is 5.93. The summed E-state index contributed by atoms with van der Waals surface area (Å²) in [4.78, 5) is 15.1. The minimum atomic E-state index is -0.373. The number of fused-ring (bicyclic) bond motifs is 1. The van der Waals surface area contributed by atoms with Crippen molar-refractivity contribution in [1.82, 2.24) is 15.1 Å². The van der Waals surface area contributed by atoms with E-state index >= 15 is 0 Å². The first kappa shape index (κ1) is 17.4. The third-order valence-electron chi connectivity index (χ3n) is 6.08. The highest BCUT2D eigenvalue weighted by Gasteiger charge is 2.54. The van der Waals surface area contributed by atoms with Crippen molar-refractivity contribution < 1.29 is 9.90 Å². The Morgan fingerprint density at radius 2 is 2.21 bits per heavy atom. The average molecular weight is 334 g/mol. The lowest BCUT2D eigenvalue weighted by Crippen LogP contribution is -2.48. The number of H-pyrrole nitrogens is 1. The Labute approximate surface area is 143 Å². The number of aliphatic hydroxyl groups excluding tert-OH is 1. The second-order valence-electron chi connectivity index (χ2n) is 7.99. The molecule has 4 atom stereocenters. The maximum absolute atomic E-state index is 13.2. The van der Waals surface area contributed by atoms with Gasteiger partial charge in [-0.1, -0.05) is 33.6 Å². The lowest BCUT2D eigenvalue weighted by Gasteiger charge is -2.37. The van der Waals surface area contributed by atoms with Gasteiger partial charge in [0.1, 0.15) is 5.69 Å². The Kier molecular flexibility index (Phi) is 4.71. The van der Waals surface area contributed by atoms with Crippen LogP contribution in [0, 0.1) is 5.41 Å². The topological polar surface area (TPSA) is 95.2 Å². The van der Waals surface area contributed by atoms with Gasteiger partial charge in [-0.3, -0.25) is 9.89 Å². The Hall–Kier alpha value is -1.40. The number of nitrogens with two attached hydrogens (primary N) is 1. The summed E-state index contributed by atoms with van der Waals surface area (Å²) in [5, 5.41) is 17.9. The number of aliphatic hydroxyl groups is 1. The molecule has 0 aromatic carbocycles. The minimum Gasteiger partial charge on any atom is -0.392 e. The molecule has 1 amide bonds. The van der Waals surface area contributed by atoms with Crippen LogP contribution in [0.2, 0.25) is 0 Å². The van der Waals surface area contributed by atoms with Gasteiger partial charge < -0.3 is 15.7 Å². The molecular weight excluding hydrogens is 304 g/mol. The molecule has 0 unspecified atom stereocenters. The van der Waals surface area contributed by atoms with Crippen molar-refractivity contribution in [3.8, 4) is 0 Å². The molecule has 1 saturated heterocycles. The maximum Gasteiger partial charge on any atom is 0.274 e. The van der Waals surface area contributed by atoms with Crippen molar-refractivity contribution in [2.45, 2.75) is 77.0 Å². The van der Waals surface area contributed by atoms with Crippen molar-refractivity contribution in [2.24, 2.45) is 11.1 Å². The Morgan fingerprint density at radius 1 is 1.50 bits per heavy atom. The number of nitrogens with one attached hydrogen (secondary N) is 1. The highest BCUT2D eigenvalue weighted by atomic mass is 16.3. The quantitative estimate of drug-likeness (QED) is 0.788. The van der Waals surface area contributed by atoms with E-state index in [1.54, 1.807) is 0 Å². The third-order valence-corrected chi connectivity index (χ3v) is 6.08. The monoisotopic (exact) mass is 334 g/mol. The van der Waals surface area contributed by atoms with Crippen LogP contribution in [0.4, 0.5) is 0 Å². The molecule has 1 aliphatic heterocycles. The number of amides is 1. The van der Waals surface area contributed by atoms with E-state index in [1.165, 1.54) is 0 Å². The predicted molar refractivity (Wildman–Crippen MR) is 92.7 cm³/mol. The predicted octanol–water partition coefficient (Wildman–Crippen LogP) is 2.02. The summed E-state index contributed by atoms with van der Waals surface area (Å²) in [5.41, 5.74) is 7.14. The molecule has 0 bridgehead atoms. The number of hydrogen-bond donors (Lipinski definition) is 3. The van der Waals surface area contributed by atoms with Crippen molar-refractivity contribution in [3.05, 3.63) is 17.5 Å². The van der Waals surface area contributed by atoms with Gasteiger partial charge in [-0.2, -0.15) is 5.10 Å². The van der Waals surface area contributed by atoms with Crippen molar-refractivity contribution in [1.29, 1.82) is 0 Å². The maximum atomic E-state index is 13.2. The van der Waals surface area contributed by atoms with Gasteiger partial charge in [-0.05, 0) is 31.2 Å². The van der Waals surface area contributed by atoms with E-state index in [-0.39, 0.29) is 29.5 Å². The van der Waals surface area contributed by atoms with Crippen LogP contribution in [0.5, 0.6) is 0 Å². The van der Waals surface area contributed by atoms with Crippen molar-refractivity contribution >= 4 is 5.91 Å². The summed E-state index contributed by atoms with van der Waals surface area (Å²) in [6.45, 7) is 6.68. The molecule has 24 heavy (non-hydrogen) atoms. The number of likely N-dealkylation sites (tertiary alicyclic amines) is 1. The van der Waals surface area contributed by atoms with Crippen LogP contribution in [0.25, 0.3) is 0 Å². The van der Waals surface area contributed by atoms with Gasteiger partial charge in [0.25, 0.3) is 5.91 Å². The van der Waals surface area contributed by atoms with Crippen molar-refractivity contribution in [3.63, 3.8) is 0 Å². The fraction of sp³-hybridized carbons (Fsp3) is 0.778. The molecule has 1 aliphatic carbocycles. The lowest BCUT2D eigenvalue weighted by molar-refractivity contribution is 0.0120. The standard InChI is InChI=1S/C18H30N4O2/c1-11(2)13-8-14(21-20-13)17(24)22-12(10-19)9-18(3)15(22)6-4-5-7-16(18)23/h8,11-12,15-16,23H,4-7,9-10,19H2,1-3H3,(H,20,21)/t12-,15-,16-,18-/m1/s1. The van der Waals surface area contributed by atoms with Gasteiger partial charge >= 0.3 is 0 Å². The molecule has 4 N–H and O–H groups in total. The van der Waals surface area contributed by atoms with Crippen LogP contribution in [0.15, 0.2) is 6.07 Å². The van der Waals surface area contributed by atoms with E-state index in [4.69, 9.17) is 5.73 Å². The van der Waals surface area contributed by atoms with Crippen molar-refractivity contribution in [2.75, 3.05) is 6.54 Å². The van der Waals surface area contributed by atoms with Crippen LogP contribution < -0.4 is 5.73 Å². The van der Waals surface area contributed by atoms with Gasteiger partial charge in [0, 0.05) is 29.7 Å². The number of rotatable bonds is 3. The normalized spacial score (nSPS) is 33.6. The molecule has 2 aliphatic rings. The molecule has 134 valence electrons. The van der Waals surface area contributed by atoms with Crippen LogP contribution in [0.3, 0.4) is 0 Å². The SMILES string of the molecule is CC(C)c1cc(C(=O)N2[C@@H](CN)C[C@@]3(C)[C@H](O)CCCC[C@@H]23)n[nH]1. The molecule has 3 rings (SSSR count). The number of carbonyl (C=O) groups excluding carboxylic acids is 1. The van der Waals surface area contributed by atoms with Crippen LogP contribution in [-0.2, 0) is 0 Å². The number of aromatic amines is 1. The average Bonchev–Trinajstić information content (AvgIpc) is 3.11. The van der Waals surface area contributed by atoms with E-state index < -0.39 is 0 Å². The van der Waals surface area contributed by atoms with Crippen LogP contribution in [0.1, 0.15) is 75.0 Å². The second kappa shape index (κ2) is 6.48. The second-order valence-corrected chi connectivity index (χ2v) is 7.99. The number of aromatic nitrogens is 2. The zero-order valence-corrected chi connectivity index (χ0v) is 15.0. The van der Waals surface area contributed by atoms with E-state index in [2.05, 4.69) is 31.0 Å². The van der Waals surface area contributed by atoms with Gasteiger partial charge in [-0.25, -0.2) is 0 Å². The van der Waals surface area contributed by atoms with Gasteiger partial charge in [0.05, 0.1) is 6.10 Å². The fourth-order valence-electron chi connectivity index (χ4n) is 4.52. The summed E-state index contributed by atoms with van der Waals surface area (Å²) < 4.78 is 0. The molecule has 2 heterocycles. The summed E-state index contributed by atoms with van der Waals surface area (Å²) in [5.74, 6) is 0.240. The molecule has 1 aromatic heterocycles. The summed E-state index contributed by atoms with van der Waals surface area (Å²) in [7, 11) is 0. The molecule has 0 radical (unpaired) electrons. The number of carbonyl (C=O) groups is 1. The molecule has 1 saturated carbocycles. The first-order valence-corrected chi connectivity index (χ1v) is 9.14. The molecule has 6 nitrogen and oxygen atoms in total. The molecule has 6 heteroatoms. The Morgan fingerprint density at radius 3 is 2.83 bits per heavy atom. The molecule has 0 spiro atoms. The zero-order chi connectivity index (χ0) is 17.5. The van der Waals surface area contributed by atoms with E-state index in [0.717, 1.165) is 37.8 Å². The largest absolute Gasteiger partial charge is 0.392 e. The van der Waals surface area contributed by atoms with Gasteiger partial charge in [-0.15, -0.1) is 0 Å². The highest BCUT2D eigenvalue weighted by Crippen LogP contribution is 2.48. The van der Waals surface area contributed by atoms with Crippen LogP contribution in [-0.4, -0.2) is 50.8 Å². The van der Waals surface area contributed by atoms with E-state index in [1.807, 2.05) is 11.0 Å². The first-order chi connectivity index (χ1) is 11.4. The fourth-order valence-corrected chi connectivity index (χ4v) is 4.52. The lowest BCUT2D eigenvalue weighted by atomic mass is 9.75. The van der Waals surface area contributed by atoms with Gasteiger partial charge in [0.15, 0.2) is 0 Å². The Bertz CT molecular complexity index is 600. The van der Waals surface area contributed by atoms with Gasteiger partial charge in [0.2, 0.25) is 0 Å². The van der Waals surface area contributed by atoms with E-state index in [0.29, 0.717) is 18.2 Å². The van der Waals surface area contributed by atoms with E-state index in [9.17, 15) is 9.90 Å². The summed E-state index contributed by atoms with van der Waals surface area (Å²) in [6, 6.07) is 1.86. The van der Waals surface area contributed by atoms with Crippen LogP contribution >= 0.6 is 0 Å². The minimum absolute atomic E-state index is 0.0283. The summed E-state index contributed by atoms with van der Waals surface area (Å²) in [6.07, 6.45) is 4.19. The zero-order valence-electron chi connectivity index (χ0n) is 15.0.